The van der Waals surface area contributed by atoms with Crippen molar-refractivity contribution in [2.75, 3.05) is 0 Å². The van der Waals surface area contributed by atoms with Crippen LogP contribution in [-0.4, -0.2) is 14.5 Å². The minimum atomic E-state index is 0.861. The molecule has 0 spiro atoms. The number of fused-ring (bicyclic) bond motifs is 12. The van der Waals surface area contributed by atoms with Crippen molar-refractivity contribution in [2.45, 2.75) is 0 Å². The highest BCUT2D eigenvalue weighted by atomic mass is 16.3. The van der Waals surface area contributed by atoms with Crippen molar-refractivity contribution in [2.24, 2.45) is 0 Å². The minimum absolute atomic E-state index is 0.861. The molecule has 9 aromatic rings. The second-order valence-electron chi connectivity index (χ2n) is 11.4. The highest BCUT2D eigenvalue weighted by Gasteiger charge is 2.29. The lowest BCUT2D eigenvalue weighted by atomic mass is 9.88. The van der Waals surface area contributed by atoms with Crippen molar-refractivity contribution < 1.29 is 4.42 Å². The summed E-state index contributed by atoms with van der Waals surface area (Å²) >= 11 is 0. The Kier molecular flexibility index (Phi) is 4.69. The first-order valence-electron chi connectivity index (χ1n) is 14.8. The average molecular weight is 562 g/mol. The van der Waals surface area contributed by atoms with Crippen molar-refractivity contribution in [1.29, 1.82) is 0 Å². The van der Waals surface area contributed by atoms with Gasteiger partial charge in [-0.3, -0.25) is 0 Å². The van der Waals surface area contributed by atoms with Gasteiger partial charge in [0.25, 0.3) is 0 Å². The molecule has 0 fully saturated rings. The highest BCUT2D eigenvalue weighted by Crippen LogP contribution is 2.52. The highest BCUT2D eigenvalue weighted by molar-refractivity contribution is 6.24. The van der Waals surface area contributed by atoms with Gasteiger partial charge in [0, 0.05) is 49.4 Å². The number of para-hydroxylation sites is 4. The number of aromatic nitrogens is 3. The van der Waals surface area contributed by atoms with Crippen LogP contribution in [0.15, 0.2) is 144 Å². The molecule has 0 aliphatic carbocycles. The molecule has 0 amide bonds. The second kappa shape index (κ2) is 8.76. The van der Waals surface area contributed by atoms with Crippen LogP contribution in [0, 0.1) is 0 Å². The topological polar surface area (TPSA) is 43.9 Å². The molecule has 1 aliphatic rings. The zero-order valence-corrected chi connectivity index (χ0v) is 23.5. The van der Waals surface area contributed by atoms with Crippen molar-refractivity contribution in [3.05, 3.63) is 140 Å². The Morgan fingerprint density at radius 3 is 2.18 bits per heavy atom. The summed E-state index contributed by atoms with van der Waals surface area (Å²) in [6.45, 7) is 0. The van der Waals surface area contributed by atoms with E-state index >= 15 is 0 Å². The van der Waals surface area contributed by atoms with Crippen LogP contribution in [0.25, 0.3) is 94.2 Å². The molecular weight excluding hydrogens is 538 g/mol. The van der Waals surface area contributed by atoms with Crippen LogP contribution in [0.4, 0.5) is 0 Å². The first-order valence-corrected chi connectivity index (χ1v) is 14.8. The Hall–Kier alpha value is -6.00. The van der Waals surface area contributed by atoms with Gasteiger partial charge in [0.2, 0.25) is 0 Å². The lowest BCUT2D eigenvalue weighted by molar-refractivity contribution is 0.670. The van der Waals surface area contributed by atoms with Gasteiger partial charge >= 0.3 is 0 Å². The molecule has 1 aliphatic heterocycles. The fourth-order valence-electron chi connectivity index (χ4n) is 7.22. The predicted molar refractivity (Wildman–Crippen MR) is 179 cm³/mol. The predicted octanol–water partition coefficient (Wildman–Crippen LogP) is 10.5. The first kappa shape index (κ1) is 23.6. The van der Waals surface area contributed by atoms with Gasteiger partial charge in [0.15, 0.2) is 0 Å². The molecule has 4 nitrogen and oxygen atoms in total. The third-order valence-corrected chi connectivity index (χ3v) is 9.06. The first-order chi connectivity index (χ1) is 21.8. The van der Waals surface area contributed by atoms with Crippen LogP contribution < -0.4 is 0 Å². The summed E-state index contributed by atoms with van der Waals surface area (Å²) in [6, 6.07) is 47.1. The van der Waals surface area contributed by atoms with Gasteiger partial charge in [-0.2, -0.15) is 0 Å². The smallest absolute Gasteiger partial charge is 0.144 e. The van der Waals surface area contributed by atoms with E-state index in [2.05, 4.69) is 119 Å². The molecule has 6 aromatic carbocycles. The zero-order valence-electron chi connectivity index (χ0n) is 23.5. The summed E-state index contributed by atoms with van der Waals surface area (Å²) in [7, 11) is 0. The van der Waals surface area contributed by atoms with E-state index in [1.807, 2.05) is 24.3 Å². The summed E-state index contributed by atoms with van der Waals surface area (Å²) < 4.78 is 9.30. The van der Waals surface area contributed by atoms with E-state index in [0.29, 0.717) is 0 Å². The molecule has 44 heavy (non-hydrogen) atoms. The molecule has 4 heterocycles. The van der Waals surface area contributed by atoms with Crippen LogP contribution in [0.5, 0.6) is 0 Å². The average Bonchev–Trinajstić information content (AvgIpc) is 3.61. The minimum Gasteiger partial charge on any atom is -0.455 e. The van der Waals surface area contributed by atoms with Crippen LogP contribution in [-0.2, 0) is 0 Å². The molecule has 4 heteroatoms. The Balaban J connectivity index is 1.40. The van der Waals surface area contributed by atoms with E-state index in [1.54, 1.807) is 6.33 Å². The summed E-state index contributed by atoms with van der Waals surface area (Å²) in [4.78, 5) is 9.49. The standard InChI is InChI=1S/C40H23N3O/c1-2-11-24(12-3-1)32-22-33(42-23-41-32)31-21-30-26-14-5-8-19-35(26)43-34-18-7-4-13-25(34)27-16-10-17-29(39(27)43)38(30)40-37(31)28-15-6-9-20-36(28)44-40/h1-23H. The van der Waals surface area contributed by atoms with Crippen molar-refractivity contribution in [1.82, 2.24) is 14.5 Å². The van der Waals surface area contributed by atoms with Crippen molar-refractivity contribution in [3.8, 4) is 50.5 Å². The largest absolute Gasteiger partial charge is 0.455 e. The lowest BCUT2D eigenvalue weighted by Crippen LogP contribution is -1.95. The molecule has 0 N–H and O–H groups in total. The lowest BCUT2D eigenvalue weighted by Gasteiger charge is -2.15. The van der Waals surface area contributed by atoms with Gasteiger partial charge in [-0.05, 0) is 35.9 Å². The molecule has 0 unspecified atom stereocenters. The summed E-state index contributed by atoms with van der Waals surface area (Å²) in [6.07, 6.45) is 1.67. The quantitative estimate of drug-likeness (QED) is 0.211. The van der Waals surface area contributed by atoms with Crippen LogP contribution in [0.1, 0.15) is 0 Å². The number of benzene rings is 6. The molecule has 0 bridgehead atoms. The number of furan rings is 1. The Morgan fingerprint density at radius 1 is 0.523 bits per heavy atom. The summed E-state index contributed by atoms with van der Waals surface area (Å²) in [5.74, 6) is 0. The maximum absolute atomic E-state index is 6.87. The second-order valence-corrected chi connectivity index (χ2v) is 11.4. The summed E-state index contributed by atoms with van der Waals surface area (Å²) in [5.41, 5.74) is 13.7. The number of hydrogen-bond acceptors (Lipinski definition) is 3. The van der Waals surface area contributed by atoms with E-state index in [1.165, 1.54) is 21.8 Å². The number of hydrogen-bond donors (Lipinski definition) is 0. The monoisotopic (exact) mass is 561 g/mol. The fourth-order valence-corrected chi connectivity index (χ4v) is 7.22. The van der Waals surface area contributed by atoms with E-state index in [4.69, 9.17) is 9.40 Å². The molecule has 0 saturated carbocycles. The Labute approximate surface area is 252 Å². The van der Waals surface area contributed by atoms with Crippen molar-refractivity contribution >= 4 is 43.7 Å². The Bertz CT molecular complexity index is 2610. The SMILES string of the molecule is c1ccc(-c2cc(-c3cc4c(c5oc6ccccc6c35)-c3cccc5c6ccccc6n(c35)-c3ccccc3-4)ncn2)cc1. The van der Waals surface area contributed by atoms with Gasteiger partial charge in [-0.15, -0.1) is 0 Å². The van der Waals surface area contributed by atoms with Gasteiger partial charge in [0.05, 0.1) is 28.1 Å². The van der Waals surface area contributed by atoms with Crippen LogP contribution >= 0.6 is 0 Å². The van der Waals surface area contributed by atoms with Gasteiger partial charge < -0.3 is 8.98 Å². The van der Waals surface area contributed by atoms with E-state index in [9.17, 15) is 0 Å². The van der Waals surface area contributed by atoms with E-state index < -0.39 is 0 Å². The van der Waals surface area contributed by atoms with Gasteiger partial charge in [-0.25, -0.2) is 9.97 Å². The van der Waals surface area contributed by atoms with Crippen LogP contribution in [0.3, 0.4) is 0 Å². The normalized spacial score (nSPS) is 12.1. The Morgan fingerprint density at radius 2 is 1.25 bits per heavy atom. The molecular formula is C40H23N3O. The molecule has 3 aromatic heterocycles. The third-order valence-electron chi connectivity index (χ3n) is 9.06. The van der Waals surface area contributed by atoms with Crippen LogP contribution in [0.2, 0.25) is 0 Å². The third kappa shape index (κ3) is 3.11. The van der Waals surface area contributed by atoms with Gasteiger partial charge in [-0.1, -0.05) is 103 Å². The summed E-state index contributed by atoms with van der Waals surface area (Å²) in [5, 5.41) is 4.62. The van der Waals surface area contributed by atoms with E-state index in [-0.39, 0.29) is 0 Å². The maximum atomic E-state index is 6.87. The molecule has 204 valence electrons. The number of rotatable bonds is 2. The molecule has 0 radical (unpaired) electrons. The zero-order chi connectivity index (χ0) is 28.8. The fraction of sp³-hybridized carbons (Fsp3) is 0. The molecule has 10 rings (SSSR count). The van der Waals surface area contributed by atoms with E-state index in [0.717, 1.165) is 72.4 Å². The van der Waals surface area contributed by atoms with Crippen molar-refractivity contribution in [3.63, 3.8) is 0 Å². The number of nitrogens with zero attached hydrogens (tertiary/aromatic N) is 3. The van der Waals surface area contributed by atoms with Gasteiger partial charge in [0.1, 0.15) is 17.5 Å². The molecule has 0 saturated heterocycles. The molecule has 0 atom stereocenters. The maximum Gasteiger partial charge on any atom is 0.144 e.